The van der Waals surface area contributed by atoms with Gasteiger partial charge in [0.1, 0.15) is 0 Å². The minimum Gasteiger partial charge on any atom is -0.378 e. The molecule has 234 valence electrons. The minimum absolute atomic E-state index is 0.0899. The number of nitrogens with two attached hydrogens (primary N) is 1. The van der Waals surface area contributed by atoms with E-state index >= 15 is 0 Å². The first-order valence-corrected chi connectivity index (χ1v) is 16.0. The number of nitrogens with one attached hydrogen (secondary N) is 2. The summed E-state index contributed by atoms with van der Waals surface area (Å²) >= 11 is 0. The molecule has 1 unspecified atom stereocenters. The molecule has 4 N–H and O–H groups in total. The Morgan fingerprint density at radius 3 is 2.43 bits per heavy atom. The summed E-state index contributed by atoms with van der Waals surface area (Å²) in [6.45, 7) is 14.6. The van der Waals surface area contributed by atoms with Crippen molar-refractivity contribution < 1.29 is 0 Å². The van der Waals surface area contributed by atoms with Crippen LogP contribution in [0.25, 0.3) is 33.0 Å². The van der Waals surface area contributed by atoms with Crippen LogP contribution in [0.3, 0.4) is 0 Å². The van der Waals surface area contributed by atoms with Crippen LogP contribution in [0.4, 0.5) is 11.4 Å². The molecule has 4 aromatic rings. The lowest BCUT2D eigenvalue weighted by molar-refractivity contribution is 0.734. The Bertz CT molecular complexity index is 1930. The molecule has 3 heteroatoms. The van der Waals surface area contributed by atoms with E-state index in [0.29, 0.717) is 6.54 Å². The second kappa shape index (κ2) is 16.1. The number of fused-ring (bicyclic) bond motifs is 1. The molecule has 1 atom stereocenters. The lowest BCUT2D eigenvalue weighted by Gasteiger charge is -2.22. The summed E-state index contributed by atoms with van der Waals surface area (Å²) in [4.78, 5) is 0. The zero-order valence-electron chi connectivity index (χ0n) is 27.1. The lowest BCUT2D eigenvalue weighted by Crippen LogP contribution is -2.29. The number of allylic oxidation sites excluding steroid dienone is 10. The molecule has 0 amide bonds. The molecule has 1 heterocycles. The zero-order chi connectivity index (χ0) is 33.0. The standard InChI is InChI=1S/C44H43N3/c1-5-8-10-15-39-18-13-19-43(46-39)33(7-3)21-20-32(4)41-28-27-37-30-36(34-22-24-35(25-23-34)38(31-45)14-6-2)26-29-42(37)44(41)47-40-16-11-9-12-17-40/h5-14,16-30,43,46-47H,1-2,4,15,31,45H2,3H3/b10-8-,21-20-,33-7+,38-14+. The van der Waals surface area contributed by atoms with Crippen molar-refractivity contribution in [1.29, 1.82) is 0 Å². The number of benzene rings is 4. The van der Waals surface area contributed by atoms with Gasteiger partial charge < -0.3 is 16.4 Å². The van der Waals surface area contributed by atoms with Crippen molar-refractivity contribution in [3.05, 3.63) is 194 Å². The second-order valence-corrected chi connectivity index (χ2v) is 11.3. The third kappa shape index (κ3) is 8.15. The molecule has 0 aliphatic carbocycles. The molecule has 0 fully saturated rings. The first-order chi connectivity index (χ1) is 23.0. The molecule has 5 rings (SSSR count). The molecule has 1 aliphatic heterocycles. The van der Waals surface area contributed by atoms with Gasteiger partial charge in [0.25, 0.3) is 0 Å². The summed E-state index contributed by atoms with van der Waals surface area (Å²) in [5.41, 5.74) is 16.8. The first-order valence-electron chi connectivity index (χ1n) is 16.0. The Hall–Kier alpha value is -5.64. The van der Waals surface area contributed by atoms with Crippen molar-refractivity contribution in [1.82, 2.24) is 5.32 Å². The molecule has 0 bridgehead atoms. The van der Waals surface area contributed by atoms with E-state index < -0.39 is 0 Å². The van der Waals surface area contributed by atoms with Gasteiger partial charge in [-0.3, -0.25) is 0 Å². The maximum Gasteiger partial charge on any atom is 0.0695 e. The minimum atomic E-state index is 0.0899. The van der Waals surface area contributed by atoms with Gasteiger partial charge in [-0.2, -0.15) is 0 Å². The fraction of sp³-hybridized carbons (Fsp3) is 0.0909. The Kier molecular flexibility index (Phi) is 11.2. The van der Waals surface area contributed by atoms with Crippen molar-refractivity contribution in [2.45, 2.75) is 19.4 Å². The Morgan fingerprint density at radius 1 is 0.915 bits per heavy atom. The molecule has 3 nitrogen and oxygen atoms in total. The van der Waals surface area contributed by atoms with Crippen LogP contribution < -0.4 is 16.4 Å². The summed E-state index contributed by atoms with van der Waals surface area (Å²) in [6.07, 6.45) is 23.3. The molecular formula is C44H43N3. The average molecular weight is 614 g/mol. The molecule has 4 aromatic carbocycles. The number of rotatable bonds is 13. The van der Waals surface area contributed by atoms with E-state index in [1.54, 1.807) is 12.2 Å². The fourth-order valence-corrected chi connectivity index (χ4v) is 5.74. The van der Waals surface area contributed by atoms with E-state index in [4.69, 9.17) is 5.73 Å². The van der Waals surface area contributed by atoms with Gasteiger partial charge in [0, 0.05) is 35.3 Å². The molecule has 0 aromatic heterocycles. The van der Waals surface area contributed by atoms with E-state index in [2.05, 4.69) is 147 Å². The molecular weight excluding hydrogens is 571 g/mol. The molecule has 0 spiro atoms. The summed E-state index contributed by atoms with van der Waals surface area (Å²) < 4.78 is 0. The van der Waals surface area contributed by atoms with Crippen LogP contribution in [0.2, 0.25) is 0 Å². The van der Waals surface area contributed by atoms with Gasteiger partial charge in [-0.1, -0.05) is 147 Å². The van der Waals surface area contributed by atoms with Gasteiger partial charge in [-0.15, -0.1) is 0 Å². The predicted octanol–water partition coefficient (Wildman–Crippen LogP) is 10.8. The Labute approximate surface area is 279 Å². The summed E-state index contributed by atoms with van der Waals surface area (Å²) in [5.74, 6) is 0. The van der Waals surface area contributed by atoms with Gasteiger partial charge >= 0.3 is 0 Å². The molecule has 1 aliphatic rings. The molecule has 0 radical (unpaired) electrons. The van der Waals surface area contributed by atoms with E-state index in [1.807, 2.05) is 30.4 Å². The highest BCUT2D eigenvalue weighted by molar-refractivity contribution is 6.03. The summed E-state index contributed by atoms with van der Waals surface area (Å²) in [5, 5.41) is 9.63. The van der Waals surface area contributed by atoms with Crippen LogP contribution in [-0.2, 0) is 0 Å². The van der Waals surface area contributed by atoms with Crippen LogP contribution in [0.15, 0.2) is 183 Å². The maximum absolute atomic E-state index is 5.96. The quantitative estimate of drug-likeness (QED) is 0.132. The van der Waals surface area contributed by atoms with Gasteiger partial charge in [-0.25, -0.2) is 0 Å². The van der Waals surface area contributed by atoms with E-state index in [0.717, 1.165) is 62.0 Å². The van der Waals surface area contributed by atoms with Crippen LogP contribution in [0.1, 0.15) is 24.5 Å². The number of anilines is 2. The van der Waals surface area contributed by atoms with Crippen LogP contribution in [-0.4, -0.2) is 12.6 Å². The van der Waals surface area contributed by atoms with Crippen molar-refractivity contribution in [2.24, 2.45) is 5.73 Å². The highest BCUT2D eigenvalue weighted by atomic mass is 14.9. The van der Waals surface area contributed by atoms with Crippen molar-refractivity contribution in [3.63, 3.8) is 0 Å². The monoisotopic (exact) mass is 613 g/mol. The smallest absolute Gasteiger partial charge is 0.0695 e. The fourth-order valence-electron chi connectivity index (χ4n) is 5.74. The Morgan fingerprint density at radius 2 is 1.70 bits per heavy atom. The molecule has 0 saturated carbocycles. The van der Waals surface area contributed by atoms with E-state index in [9.17, 15) is 0 Å². The average Bonchev–Trinajstić information content (AvgIpc) is 3.11. The summed E-state index contributed by atoms with van der Waals surface area (Å²) in [6, 6.07) is 29.9. The largest absolute Gasteiger partial charge is 0.378 e. The van der Waals surface area contributed by atoms with Gasteiger partial charge in [-0.05, 0) is 70.0 Å². The SMILES string of the molecule is C=C/C=C\CC1=CC=CC(C(/C=C\C(=C)c2ccc3cc(-c4ccc(/C(=C/C=C)CN)cc4)ccc3c2Nc2ccccc2)=C/C)N1. The van der Waals surface area contributed by atoms with Gasteiger partial charge in [0.2, 0.25) is 0 Å². The van der Waals surface area contributed by atoms with Crippen LogP contribution in [0.5, 0.6) is 0 Å². The highest BCUT2D eigenvalue weighted by Crippen LogP contribution is 2.37. The third-order valence-corrected chi connectivity index (χ3v) is 8.26. The van der Waals surface area contributed by atoms with Gasteiger partial charge in [0.05, 0.1) is 11.7 Å². The van der Waals surface area contributed by atoms with Crippen LogP contribution in [0, 0.1) is 0 Å². The highest BCUT2D eigenvalue weighted by Gasteiger charge is 2.14. The zero-order valence-corrected chi connectivity index (χ0v) is 27.1. The van der Waals surface area contributed by atoms with E-state index in [1.165, 1.54) is 11.3 Å². The number of dihydropyridines is 1. The third-order valence-electron chi connectivity index (χ3n) is 8.26. The van der Waals surface area contributed by atoms with E-state index in [-0.39, 0.29) is 6.04 Å². The predicted molar refractivity (Wildman–Crippen MR) is 206 cm³/mol. The lowest BCUT2D eigenvalue weighted by atomic mass is 9.94. The summed E-state index contributed by atoms with van der Waals surface area (Å²) in [7, 11) is 0. The topological polar surface area (TPSA) is 50.1 Å². The van der Waals surface area contributed by atoms with Crippen molar-refractivity contribution in [2.75, 3.05) is 11.9 Å². The number of hydrogen-bond acceptors (Lipinski definition) is 3. The molecule has 0 saturated heterocycles. The van der Waals surface area contributed by atoms with Crippen LogP contribution >= 0.6 is 0 Å². The maximum atomic E-state index is 5.96. The van der Waals surface area contributed by atoms with Crippen molar-refractivity contribution >= 4 is 33.3 Å². The second-order valence-electron chi connectivity index (χ2n) is 11.3. The van der Waals surface area contributed by atoms with Crippen molar-refractivity contribution in [3.8, 4) is 11.1 Å². The Balaban J connectivity index is 1.45. The first kappa shape index (κ1) is 32.7. The molecule has 47 heavy (non-hydrogen) atoms. The number of hydrogen-bond donors (Lipinski definition) is 3. The van der Waals surface area contributed by atoms with Gasteiger partial charge in [0.15, 0.2) is 0 Å². The number of para-hydroxylation sites is 1. The normalized spacial score (nSPS) is 15.1.